The molecule has 104 valence electrons. The lowest BCUT2D eigenvalue weighted by Crippen LogP contribution is -2.37. The van der Waals surface area contributed by atoms with Crippen LogP contribution in [0.4, 0.5) is 0 Å². The van der Waals surface area contributed by atoms with Crippen LogP contribution in [0.5, 0.6) is 0 Å². The maximum absolute atomic E-state index is 12.2. The summed E-state index contributed by atoms with van der Waals surface area (Å²) in [6.45, 7) is 2.33. The van der Waals surface area contributed by atoms with Gasteiger partial charge in [0.25, 0.3) is 5.91 Å². The van der Waals surface area contributed by atoms with Crippen molar-refractivity contribution >= 4 is 5.91 Å². The molecule has 0 aliphatic carbocycles. The molecule has 2 atom stereocenters. The van der Waals surface area contributed by atoms with E-state index in [2.05, 4.69) is 15.3 Å². The highest BCUT2D eigenvalue weighted by molar-refractivity contribution is 5.93. The predicted molar refractivity (Wildman–Crippen MR) is 70.0 cm³/mol. The molecule has 0 unspecified atom stereocenters. The maximum atomic E-state index is 12.2. The third-order valence-corrected chi connectivity index (χ3v) is 3.38. The van der Waals surface area contributed by atoms with Gasteiger partial charge in [-0.25, -0.2) is 4.98 Å². The highest BCUT2D eigenvalue weighted by atomic mass is 16.5. The zero-order chi connectivity index (χ0) is 13.9. The molecular weight excluding hydrogens is 258 g/mol. The van der Waals surface area contributed by atoms with Crippen molar-refractivity contribution in [3.63, 3.8) is 0 Å². The Labute approximate surface area is 116 Å². The lowest BCUT2D eigenvalue weighted by molar-refractivity contribution is 0.0816. The quantitative estimate of drug-likeness (QED) is 0.919. The highest BCUT2D eigenvalue weighted by Crippen LogP contribution is 2.28. The first-order chi connectivity index (χ1) is 9.75. The summed E-state index contributed by atoms with van der Waals surface area (Å²) >= 11 is 0. The van der Waals surface area contributed by atoms with Crippen molar-refractivity contribution in [3.8, 4) is 0 Å². The molecule has 1 fully saturated rings. The van der Waals surface area contributed by atoms with Crippen LogP contribution in [0.3, 0.4) is 0 Å². The molecule has 3 rings (SSSR count). The highest BCUT2D eigenvalue weighted by Gasteiger charge is 2.32. The lowest BCUT2D eigenvalue weighted by atomic mass is 10.0. The summed E-state index contributed by atoms with van der Waals surface area (Å²) < 4.78 is 10.7. The molecular formula is C14H15N3O3. The minimum absolute atomic E-state index is 0.0807. The van der Waals surface area contributed by atoms with E-state index in [0.717, 1.165) is 12.0 Å². The van der Waals surface area contributed by atoms with Crippen LogP contribution in [-0.2, 0) is 4.74 Å². The number of aryl methyl sites for hydroxylation is 1. The van der Waals surface area contributed by atoms with Gasteiger partial charge in [-0.05, 0) is 19.4 Å². The number of aromatic nitrogens is 2. The normalized spacial score (nSPS) is 21.9. The number of rotatable bonds is 3. The molecule has 1 aliphatic rings. The van der Waals surface area contributed by atoms with Crippen molar-refractivity contribution in [3.05, 3.63) is 47.9 Å². The molecule has 0 radical (unpaired) electrons. The van der Waals surface area contributed by atoms with E-state index in [1.165, 1.54) is 6.39 Å². The minimum Gasteiger partial charge on any atom is -0.448 e. The van der Waals surface area contributed by atoms with E-state index in [4.69, 9.17) is 9.15 Å². The molecule has 0 aromatic carbocycles. The summed E-state index contributed by atoms with van der Waals surface area (Å²) in [4.78, 5) is 20.2. The largest absolute Gasteiger partial charge is 0.448 e. The Balaban J connectivity index is 1.74. The average Bonchev–Trinajstić information content (AvgIpc) is 3.08. The summed E-state index contributed by atoms with van der Waals surface area (Å²) in [5.41, 5.74) is 1.29. The fourth-order valence-corrected chi connectivity index (χ4v) is 2.37. The number of nitrogens with zero attached hydrogens (tertiary/aromatic N) is 2. The second-order valence-electron chi connectivity index (χ2n) is 4.70. The molecule has 0 saturated carbocycles. The molecule has 3 heterocycles. The van der Waals surface area contributed by atoms with Crippen LogP contribution in [-0.4, -0.2) is 28.5 Å². The number of hydrogen-bond donors (Lipinski definition) is 1. The summed E-state index contributed by atoms with van der Waals surface area (Å²) in [6, 6.07) is 3.73. The summed E-state index contributed by atoms with van der Waals surface area (Å²) in [6.07, 6.45) is 5.34. The number of carbonyl (C=O) groups excluding carboxylic acids is 1. The fraction of sp³-hybridized carbons (Fsp3) is 0.357. The van der Waals surface area contributed by atoms with Gasteiger partial charge < -0.3 is 14.5 Å². The van der Waals surface area contributed by atoms with Gasteiger partial charge in [0.15, 0.2) is 12.1 Å². The van der Waals surface area contributed by atoms with Crippen molar-refractivity contribution in [1.82, 2.24) is 15.3 Å². The standard InChI is InChI=1S/C14H15N3O3/c1-9-12(16-8-20-9)14(18)17-11-4-6-19-13(11)10-3-2-5-15-7-10/h2-3,5,7-8,11,13H,4,6H2,1H3,(H,17,18)/t11-,13+/m0/s1. The first-order valence-corrected chi connectivity index (χ1v) is 6.48. The van der Waals surface area contributed by atoms with E-state index < -0.39 is 0 Å². The van der Waals surface area contributed by atoms with Crippen molar-refractivity contribution in [2.45, 2.75) is 25.5 Å². The smallest absolute Gasteiger partial charge is 0.273 e. The van der Waals surface area contributed by atoms with Crippen molar-refractivity contribution in [2.24, 2.45) is 0 Å². The first-order valence-electron chi connectivity index (χ1n) is 6.48. The van der Waals surface area contributed by atoms with Crippen LogP contribution < -0.4 is 5.32 Å². The Morgan fingerprint density at radius 3 is 3.10 bits per heavy atom. The number of amides is 1. The van der Waals surface area contributed by atoms with E-state index in [1.807, 2.05) is 12.1 Å². The number of carbonyl (C=O) groups is 1. The first kappa shape index (κ1) is 12.8. The SMILES string of the molecule is Cc1ocnc1C(=O)N[C@H]1CCO[C@@H]1c1cccnc1. The fourth-order valence-electron chi connectivity index (χ4n) is 2.37. The molecule has 0 spiro atoms. The predicted octanol–water partition coefficient (Wildman–Crippen LogP) is 1.64. The Morgan fingerprint density at radius 2 is 2.40 bits per heavy atom. The van der Waals surface area contributed by atoms with E-state index in [0.29, 0.717) is 18.1 Å². The molecule has 6 nitrogen and oxygen atoms in total. The zero-order valence-corrected chi connectivity index (χ0v) is 11.1. The van der Waals surface area contributed by atoms with E-state index in [9.17, 15) is 4.79 Å². The summed E-state index contributed by atoms with van der Waals surface area (Å²) in [5.74, 6) is 0.278. The van der Waals surface area contributed by atoms with Crippen LogP contribution in [0, 0.1) is 6.92 Å². The molecule has 0 bridgehead atoms. The van der Waals surface area contributed by atoms with E-state index in [1.54, 1.807) is 19.3 Å². The van der Waals surface area contributed by atoms with Crippen LogP contribution in [0.2, 0.25) is 0 Å². The Morgan fingerprint density at radius 1 is 1.50 bits per heavy atom. The summed E-state index contributed by atoms with van der Waals surface area (Å²) in [7, 11) is 0. The van der Waals surface area contributed by atoms with Gasteiger partial charge in [-0.1, -0.05) is 6.07 Å². The molecule has 2 aromatic rings. The minimum atomic E-state index is -0.236. The van der Waals surface area contributed by atoms with Crippen LogP contribution in [0.1, 0.15) is 34.3 Å². The number of oxazole rings is 1. The van der Waals surface area contributed by atoms with Crippen molar-refractivity contribution in [1.29, 1.82) is 0 Å². The average molecular weight is 273 g/mol. The second-order valence-corrected chi connectivity index (χ2v) is 4.70. The molecule has 1 amide bonds. The number of ether oxygens (including phenoxy) is 1. The third kappa shape index (κ3) is 2.42. The van der Waals surface area contributed by atoms with Crippen molar-refractivity contribution < 1.29 is 13.9 Å². The van der Waals surface area contributed by atoms with E-state index in [-0.39, 0.29) is 18.1 Å². The van der Waals surface area contributed by atoms with Gasteiger partial charge >= 0.3 is 0 Å². The van der Waals surface area contributed by atoms with Gasteiger partial charge in [0.1, 0.15) is 11.9 Å². The Kier molecular flexibility index (Phi) is 3.47. The molecule has 6 heteroatoms. The third-order valence-electron chi connectivity index (χ3n) is 3.38. The lowest BCUT2D eigenvalue weighted by Gasteiger charge is -2.19. The van der Waals surface area contributed by atoms with Gasteiger partial charge in [-0.3, -0.25) is 9.78 Å². The second kappa shape index (κ2) is 5.42. The van der Waals surface area contributed by atoms with Gasteiger partial charge in [-0.2, -0.15) is 0 Å². The van der Waals surface area contributed by atoms with Gasteiger partial charge in [0, 0.05) is 24.6 Å². The topological polar surface area (TPSA) is 77.2 Å². The van der Waals surface area contributed by atoms with Crippen molar-refractivity contribution in [2.75, 3.05) is 6.61 Å². The van der Waals surface area contributed by atoms with Gasteiger partial charge in [0.05, 0.1) is 6.04 Å². The molecule has 1 saturated heterocycles. The van der Waals surface area contributed by atoms with Gasteiger partial charge in [-0.15, -0.1) is 0 Å². The zero-order valence-electron chi connectivity index (χ0n) is 11.1. The molecule has 20 heavy (non-hydrogen) atoms. The monoisotopic (exact) mass is 273 g/mol. The van der Waals surface area contributed by atoms with Gasteiger partial charge in [0.2, 0.25) is 0 Å². The number of pyridine rings is 1. The van der Waals surface area contributed by atoms with Crippen LogP contribution in [0.15, 0.2) is 35.3 Å². The Bertz CT molecular complexity index is 597. The number of hydrogen-bond acceptors (Lipinski definition) is 5. The van der Waals surface area contributed by atoms with Crippen LogP contribution in [0.25, 0.3) is 0 Å². The molecule has 1 N–H and O–H groups in total. The molecule has 1 aliphatic heterocycles. The molecule has 2 aromatic heterocycles. The number of nitrogens with one attached hydrogen (secondary N) is 1. The Hall–Kier alpha value is -2.21. The summed E-state index contributed by atoms with van der Waals surface area (Å²) in [5, 5.41) is 2.96. The van der Waals surface area contributed by atoms with Crippen LogP contribution >= 0.6 is 0 Å². The van der Waals surface area contributed by atoms with E-state index >= 15 is 0 Å². The maximum Gasteiger partial charge on any atom is 0.273 e.